The summed E-state index contributed by atoms with van der Waals surface area (Å²) in [5.41, 5.74) is 5.15. The minimum atomic E-state index is -0.113. The molecular weight excluding hydrogens is 268 g/mol. The van der Waals surface area contributed by atoms with E-state index >= 15 is 0 Å². The van der Waals surface area contributed by atoms with Crippen molar-refractivity contribution in [1.29, 1.82) is 0 Å². The number of hydrogen-bond acceptors (Lipinski definition) is 2. The predicted octanol–water partition coefficient (Wildman–Crippen LogP) is 4.79. The van der Waals surface area contributed by atoms with E-state index in [9.17, 15) is 0 Å². The lowest BCUT2D eigenvalue weighted by Crippen LogP contribution is -2.30. The van der Waals surface area contributed by atoms with E-state index in [1.54, 1.807) is 0 Å². The fourth-order valence-corrected chi connectivity index (χ4v) is 3.50. The number of benzene rings is 1. The highest BCUT2D eigenvalue weighted by Gasteiger charge is 2.39. The molecule has 0 amide bonds. The Hall–Kier alpha value is -2.06. The van der Waals surface area contributed by atoms with Crippen LogP contribution in [0.1, 0.15) is 38.7 Å². The summed E-state index contributed by atoms with van der Waals surface area (Å²) >= 11 is 0. The fourth-order valence-electron chi connectivity index (χ4n) is 3.50. The van der Waals surface area contributed by atoms with Gasteiger partial charge in [-0.2, -0.15) is 0 Å². The van der Waals surface area contributed by atoms with E-state index in [0.717, 1.165) is 19.3 Å². The molecule has 0 radical (unpaired) electrons. The Kier molecular flexibility index (Phi) is 4.04. The number of rotatable bonds is 4. The minimum absolute atomic E-state index is 0.113. The van der Waals surface area contributed by atoms with Crippen LogP contribution in [0.25, 0.3) is 5.57 Å². The zero-order valence-electron chi connectivity index (χ0n) is 13.4. The summed E-state index contributed by atoms with van der Waals surface area (Å²) in [6, 6.07) is 10.6. The van der Waals surface area contributed by atoms with E-state index in [1.165, 1.54) is 22.4 Å². The Balaban J connectivity index is 2.14. The molecule has 1 unspecified atom stereocenters. The third-order valence-electron chi connectivity index (χ3n) is 4.67. The van der Waals surface area contributed by atoms with Crippen LogP contribution in [0.15, 0.2) is 72.1 Å². The molecule has 2 nitrogen and oxygen atoms in total. The summed E-state index contributed by atoms with van der Waals surface area (Å²) in [5.74, 6) is 6.33. The Morgan fingerprint density at radius 1 is 1.27 bits per heavy atom. The van der Waals surface area contributed by atoms with Crippen molar-refractivity contribution in [2.45, 2.75) is 33.1 Å². The van der Waals surface area contributed by atoms with Crippen molar-refractivity contribution >= 4 is 5.57 Å². The van der Waals surface area contributed by atoms with Gasteiger partial charge >= 0.3 is 0 Å². The highest BCUT2D eigenvalue weighted by Crippen LogP contribution is 2.48. The van der Waals surface area contributed by atoms with Crippen molar-refractivity contribution in [3.05, 3.63) is 77.7 Å². The van der Waals surface area contributed by atoms with E-state index < -0.39 is 0 Å². The van der Waals surface area contributed by atoms with Crippen LogP contribution in [0.4, 0.5) is 0 Å². The quantitative estimate of drug-likeness (QED) is 0.808. The molecule has 1 aromatic rings. The van der Waals surface area contributed by atoms with Crippen LogP contribution < -0.4 is 5.84 Å². The van der Waals surface area contributed by atoms with Crippen LogP contribution in [0.2, 0.25) is 0 Å². The second kappa shape index (κ2) is 5.98. The number of nitrogens with two attached hydrogens (primary N) is 1. The molecule has 1 atom stereocenters. The molecule has 1 aromatic carbocycles. The minimum Gasteiger partial charge on any atom is -0.290 e. The monoisotopic (exact) mass is 292 g/mol. The van der Waals surface area contributed by atoms with Gasteiger partial charge < -0.3 is 0 Å². The molecule has 2 heteroatoms. The van der Waals surface area contributed by atoms with Crippen LogP contribution in [0.5, 0.6) is 0 Å². The van der Waals surface area contributed by atoms with Crippen molar-refractivity contribution in [3.63, 3.8) is 0 Å². The Morgan fingerprint density at radius 2 is 2.05 bits per heavy atom. The van der Waals surface area contributed by atoms with Gasteiger partial charge in [0.1, 0.15) is 0 Å². The summed E-state index contributed by atoms with van der Waals surface area (Å²) in [5, 5.41) is 1.82. The second-order valence-electron chi connectivity index (χ2n) is 6.19. The van der Waals surface area contributed by atoms with Gasteiger partial charge in [-0.05, 0) is 30.9 Å². The lowest BCUT2D eigenvalue weighted by Gasteiger charge is -2.32. The third kappa shape index (κ3) is 2.44. The molecule has 22 heavy (non-hydrogen) atoms. The van der Waals surface area contributed by atoms with Gasteiger partial charge in [-0.3, -0.25) is 5.01 Å². The first kappa shape index (κ1) is 14.9. The van der Waals surface area contributed by atoms with E-state index in [0.29, 0.717) is 0 Å². The fraction of sp³-hybridized carbons (Fsp3) is 0.300. The van der Waals surface area contributed by atoms with Crippen molar-refractivity contribution in [1.82, 2.24) is 5.01 Å². The van der Waals surface area contributed by atoms with Crippen molar-refractivity contribution in [2.75, 3.05) is 0 Å². The molecule has 0 saturated carbocycles. The van der Waals surface area contributed by atoms with Crippen LogP contribution in [-0.4, -0.2) is 5.01 Å². The number of hydrogen-bond donors (Lipinski definition) is 1. The van der Waals surface area contributed by atoms with Crippen LogP contribution in [-0.2, 0) is 0 Å². The van der Waals surface area contributed by atoms with Crippen LogP contribution in [0.3, 0.4) is 0 Å². The highest BCUT2D eigenvalue weighted by atomic mass is 15.4. The summed E-state index contributed by atoms with van der Waals surface area (Å²) in [4.78, 5) is 0. The second-order valence-corrected chi connectivity index (χ2v) is 6.19. The number of allylic oxidation sites excluding steroid dienone is 5. The molecule has 0 bridgehead atoms. The van der Waals surface area contributed by atoms with Gasteiger partial charge in [0, 0.05) is 6.20 Å². The summed E-state index contributed by atoms with van der Waals surface area (Å²) in [6.45, 7) is 4.50. The lowest BCUT2D eigenvalue weighted by molar-refractivity contribution is 0.432. The largest absolute Gasteiger partial charge is 0.290 e. The first-order valence-corrected chi connectivity index (χ1v) is 8.05. The zero-order chi connectivity index (χ0) is 15.6. The van der Waals surface area contributed by atoms with Crippen molar-refractivity contribution in [3.8, 4) is 0 Å². The summed E-state index contributed by atoms with van der Waals surface area (Å²) in [6.07, 6.45) is 14.0. The van der Waals surface area contributed by atoms with E-state index in [2.05, 4.69) is 68.5 Å². The molecule has 2 N–H and O–H groups in total. The van der Waals surface area contributed by atoms with Gasteiger partial charge in [0.05, 0.1) is 11.1 Å². The SMILES string of the molecule is CCCC(=C1N(N)C=CC1(C)C1=CC=CC1)c1ccccc1. The molecule has 1 aliphatic carbocycles. The van der Waals surface area contributed by atoms with Gasteiger partial charge in [-0.25, -0.2) is 5.84 Å². The van der Waals surface area contributed by atoms with E-state index in [1.807, 2.05) is 11.2 Å². The van der Waals surface area contributed by atoms with Crippen LogP contribution in [0, 0.1) is 5.41 Å². The van der Waals surface area contributed by atoms with Crippen molar-refractivity contribution in [2.24, 2.45) is 11.3 Å². The average molecular weight is 292 g/mol. The molecule has 114 valence electrons. The van der Waals surface area contributed by atoms with E-state index in [-0.39, 0.29) is 5.41 Å². The third-order valence-corrected chi connectivity index (χ3v) is 4.67. The molecule has 2 aliphatic rings. The average Bonchev–Trinajstić information content (AvgIpc) is 3.17. The standard InChI is InChI=1S/C20H24N2/c1-3-9-18(16-10-5-4-6-11-16)19-20(2,14-15-22(19)21)17-12-7-8-13-17/h4-8,10-12,14-15H,3,9,13,21H2,1-2H3. The molecule has 1 heterocycles. The maximum atomic E-state index is 6.33. The molecule has 0 aromatic heterocycles. The number of hydrazine groups is 1. The Morgan fingerprint density at radius 3 is 2.68 bits per heavy atom. The van der Waals surface area contributed by atoms with E-state index in [4.69, 9.17) is 5.84 Å². The van der Waals surface area contributed by atoms with Gasteiger partial charge in [-0.1, -0.05) is 73.6 Å². The summed E-state index contributed by atoms with van der Waals surface area (Å²) < 4.78 is 0. The first-order chi connectivity index (χ1) is 10.7. The Bertz CT molecular complexity index is 664. The predicted molar refractivity (Wildman–Crippen MR) is 93.4 cm³/mol. The van der Waals surface area contributed by atoms with Gasteiger partial charge in [0.25, 0.3) is 0 Å². The van der Waals surface area contributed by atoms with Crippen LogP contribution >= 0.6 is 0 Å². The normalized spacial score (nSPS) is 25.8. The molecule has 1 aliphatic heterocycles. The maximum absolute atomic E-state index is 6.33. The molecule has 3 rings (SSSR count). The first-order valence-electron chi connectivity index (χ1n) is 8.05. The van der Waals surface area contributed by atoms with Gasteiger partial charge in [0.2, 0.25) is 0 Å². The molecular formula is C20H24N2. The maximum Gasteiger partial charge on any atom is 0.0518 e. The van der Waals surface area contributed by atoms with Crippen molar-refractivity contribution < 1.29 is 0 Å². The topological polar surface area (TPSA) is 29.3 Å². The van der Waals surface area contributed by atoms with Gasteiger partial charge in [0.15, 0.2) is 0 Å². The number of nitrogens with zero attached hydrogens (tertiary/aromatic N) is 1. The molecule has 0 saturated heterocycles. The molecule has 0 fully saturated rings. The zero-order valence-corrected chi connectivity index (χ0v) is 13.4. The smallest absolute Gasteiger partial charge is 0.0518 e. The summed E-state index contributed by atoms with van der Waals surface area (Å²) in [7, 11) is 0. The lowest BCUT2D eigenvalue weighted by atomic mass is 9.76. The molecule has 0 spiro atoms. The van der Waals surface area contributed by atoms with Gasteiger partial charge in [-0.15, -0.1) is 0 Å². The Labute approximate surface area is 133 Å². The highest BCUT2D eigenvalue weighted by molar-refractivity contribution is 5.72.